The number of benzene rings is 2. The molecule has 0 amide bonds. The molecule has 0 bridgehead atoms. The molecule has 5 heteroatoms. The number of rotatable bonds is 2. The molecule has 0 aliphatic carbocycles. The number of hydrogen-bond donors (Lipinski definition) is 0. The van der Waals surface area contributed by atoms with Crippen molar-refractivity contribution in [2.45, 2.75) is 19.2 Å². The molecule has 108 valence electrons. The minimum absolute atomic E-state index is 0.376. The van der Waals surface area contributed by atoms with Gasteiger partial charge in [0.2, 0.25) is 0 Å². The molecule has 0 N–H and O–H groups in total. The number of aromatic nitrogens is 2. The second-order valence-electron chi connectivity index (χ2n) is 5.04. The molecule has 3 rings (SSSR count). The first-order valence-corrected chi connectivity index (χ1v) is 6.99. The highest BCUT2D eigenvalue weighted by atomic mass is 35.5. The van der Waals surface area contributed by atoms with Gasteiger partial charge < -0.3 is 0 Å². The first-order valence-electron chi connectivity index (χ1n) is 6.55. The molecule has 1 aromatic heterocycles. The van der Waals surface area contributed by atoms with Gasteiger partial charge in [-0.15, -0.1) is 11.6 Å². The predicted octanol–water partition coefficient (Wildman–Crippen LogP) is 4.91. The Hall–Kier alpha value is -1.94. The maximum atomic E-state index is 13.5. The van der Waals surface area contributed by atoms with E-state index in [4.69, 9.17) is 11.6 Å². The highest BCUT2D eigenvalue weighted by molar-refractivity contribution is 6.20. The van der Waals surface area contributed by atoms with Gasteiger partial charge in [0.25, 0.3) is 0 Å². The van der Waals surface area contributed by atoms with Gasteiger partial charge in [-0.2, -0.15) is 0 Å². The van der Waals surface area contributed by atoms with Crippen LogP contribution >= 0.6 is 11.6 Å². The molecular weight excluding hydrogens is 294 g/mol. The first kappa shape index (κ1) is 14.0. The van der Waals surface area contributed by atoms with Gasteiger partial charge >= 0.3 is 0 Å². The Morgan fingerprint density at radius 1 is 1.10 bits per heavy atom. The average Bonchev–Trinajstić information content (AvgIpc) is 2.76. The van der Waals surface area contributed by atoms with Crippen LogP contribution in [-0.2, 0) is 0 Å². The number of alkyl halides is 1. The third-order valence-electron chi connectivity index (χ3n) is 3.30. The van der Waals surface area contributed by atoms with Crippen molar-refractivity contribution in [1.29, 1.82) is 0 Å². The van der Waals surface area contributed by atoms with Crippen molar-refractivity contribution in [1.82, 2.24) is 9.55 Å². The Balaban J connectivity index is 2.36. The molecule has 2 nitrogen and oxygen atoms in total. The molecule has 21 heavy (non-hydrogen) atoms. The van der Waals surface area contributed by atoms with Gasteiger partial charge in [-0.3, -0.25) is 4.57 Å². The summed E-state index contributed by atoms with van der Waals surface area (Å²) in [6.07, 6.45) is 0. The molecule has 0 saturated carbocycles. The van der Waals surface area contributed by atoms with Gasteiger partial charge in [0.15, 0.2) is 0 Å². The van der Waals surface area contributed by atoms with Crippen LogP contribution in [0.3, 0.4) is 0 Å². The predicted molar refractivity (Wildman–Crippen MR) is 80.0 cm³/mol. The van der Waals surface area contributed by atoms with Crippen LogP contribution in [0.1, 0.15) is 23.7 Å². The van der Waals surface area contributed by atoms with Crippen molar-refractivity contribution >= 4 is 22.6 Å². The Morgan fingerprint density at radius 2 is 1.76 bits per heavy atom. The minimum atomic E-state index is -0.632. The summed E-state index contributed by atoms with van der Waals surface area (Å²) < 4.78 is 28.7. The van der Waals surface area contributed by atoms with Gasteiger partial charge in [-0.1, -0.05) is 6.07 Å². The molecule has 0 radical (unpaired) electrons. The number of fused-ring (bicyclic) bond motifs is 1. The van der Waals surface area contributed by atoms with Crippen molar-refractivity contribution < 1.29 is 8.78 Å². The molecule has 1 atom stereocenters. The molecule has 1 heterocycles. The van der Waals surface area contributed by atoms with Crippen LogP contribution in [0.25, 0.3) is 16.7 Å². The second kappa shape index (κ2) is 5.11. The summed E-state index contributed by atoms with van der Waals surface area (Å²) >= 11 is 6.18. The van der Waals surface area contributed by atoms with E-state index in [1.54, 1.807) is 11.5 Å². The summed E-state index contributed by atoms with van der Waals surface area (Å²) in [5, 5.41) is -0.385. The fourth-order valence-corrected chi connectivity index (χ4v) is 2.56. The monoisotopic (exact) mass is 306 g/mol. The number of hydrogen-bond acceptors (Lipinski definition) is 1. The zero-order valence-corrected chi connectivity index (χ0v) is 12.3. The van der Waals surface area contributed by atoms with Gasteiger partial charge in [-0.25, -0.2) is 13.8 Å². The van der Waals surface area contributed by atoms with Crippen molar-refractivity contribution in [2.24, 2.45) is 0 Å². The van der Waals surface area contributed by atoms with Crippen LogP contribution in [0.15, 0.2) is 36.4 Å². The van der Waals surface area contributed by atoms with Crippen LogP contribution in [0.4, 0.5) is 8.78 Å². The Bertz CT molecular complexity index is 804. The van der Waals surface area contributed by atoms with Gasteiger partial charge in [-0.05, 0) is 43.7 Å². The van der Waals surface area contributed by atoms with E-state index in [9.17, 15) is 8.78 Å². The van der Waals surface area contributed by atoms with Crippen LogP contribution in [0.2, 0.25) is 0 Å². The van der Waals surface area contributed by atoms with Crippen LogP contribution in [0, 0.1) is 18.6 Å². The average molecular weight is 307 g/mol. The Kier molecular flexibility index (Phi) is 3.41. The zero-order chi connectivity index (χ0) is 15.1. The van der Waals surface area contributed by atoms with E-state index in [0.717, 1.165) is 22.7 Å². The summed E-state index contributed by atoms with van der Waals surface area (Å²) in [7, 11) is 0. The van der Waals surface area contributed by atoms with Crippen LogP contribution < -0.4 is 0 Å². The third kappa shape index (κ3) is 2.51. The molecule has 3 aromatic rings. The molecule has 0 saturated heterocycles. The van der Waals surface area contributed by atoms with Crippen molar-refractivity contribution in [3.63, 3.8) is 0 Å². The number of halogens is 3. The molecule has 0 aliphatic heterocycles. The standard InChI is InChI=1S/C16H13ClF2N2/c1-9-3-4-15-14(5-9)20-16(10(2)17)21(15)13-7-11(18)6-12(19)8-13/h3-8,10H,1-2H3. The molecule has 0 spiro atoms. The van der Waals surface area contributed by atoms with Crippen molar-refractivity contribution in [3.05, 3.63) is 59.4 Å². The minimum Gasteiger partial charge on any atom is -0.295 e. The normalized spacial score (nSPS) is 12.8. The molecule has 0 aliphatic rings. The Morgan fingerprint density at radius 3 is 2.38 bits per heavy atom. The van der Waals surface area contributed by atoms with E-state index in [2.05, 4.69) is 4.98 Å². The van der Waals surface area contributed by atoms with Crippen LogP contribution in [-0.4, -0.2) is 9.55 Å². The maximum Gasteiger partial charge on any atom is 0.132 e. The van der Waals surface area contributed by atoms with Gasteiger partial charge in [0.1, 0.15) is 17.5 Å². The lowest BCUT2D eigenvalue weighted by Crippen LogP contribution is -2.03. The number of aryl methyl sites for hydroxylation is 1. The number of nitrogens with zero attached hydrogens (tertiary/aromatic N) is 2. The van der Waals surface area contributed by atoms with E-state index in [0.29, 0.717) is 11.5 Å². The Labute approximate surface area is 126 Å². The summed E-state index contributed by atoms with van der Waals surface area (Å²) in [4.78, 5) is 4.49. The number of imidazole rings is 1. The van der Waals surface area contributed by atoms with Gasteiger partial charge in [0, 0.05) is 6.07 Å². The lowest BCUT2D eigenvalue weighted by Gasteiger charge is -2.11. The van der Waals surface area contributed by atoms with Crippen molar-refractivity contribution in [2.75, 3.05) is 0 Å². The molecule has 2 aromatic carbocycles. The highest BCUT2D eigenvalue weighted by Crippen LogP contribution is 2.29. The zero-order valence-electron chi connectivity index (χ0n) is 11.6. The first-order chi connectivity index (χ1) is 9.95. The summed E-state index contributed by atoms with van der Waals surface area (Å²) in [6, 6.07) is 9.11. The topological polar surface area (TPSA) is 17.8 Å². The van der Waals surface area contributed by atoms with Gasteiger partial charge in [0.05, 0.1) is 22.1 Å². The molecule has 0 fully saturated rings. The van der Waals surface area contributed by atoms with Crippen LogP contribution in [0.5, 0.6) is 0 Å². The van der Waals surface area contributed by atoms with E-state index >= 15 is 0 Å². The highest BCUT2D eigenvalue weighted by Gasteiger charge is 2.17. The van der Waals surface area contributed by atoms with E-state index in [1.807, 2.05) is 25.1 Å². The fourth-order valence-electron chi connectivity index (χ4n) is 2.42. The molecular formula is C16H13ClF2N2. The fraction of sp³-hybridized carbons (Fsp3) is 0.188. The molecule has 1 unspecified atom stereocenters. The largest absolute Gasteiger partial charge is 0.295 e. The van der Waals surface area contributed by atoms with Crippen molar-refractivity contribution in [3.8, 4) is 5.69 Å². The quantitative estimate of drug-likeness (QED) is 0.615. The van der Waals surface area contributed by atoms with E-state index in [-0.39, 0.29) is 5.38 Å². The summed E-state index contributed by atoms with van der Waals surface area (Å²) in [5.74, 6) is -0.707. The lowest BCUT2D eigenvalue weighted by atomic mass is 10.2. The van der Waals surface area contributed by atoms with E-state index < -0.39 is 11.6 Å². The summed E-state index contributed by atoms with van der Waals surface area (Å²) in [5.41, 5.74) is 2.96. The lowest BCUT2D eigenvalue weighted by molar-refractivity contribution is 0.581. The third-order valence-corrected chi connectivity index (χ3v) is 3.49. The maximum absolute atomic E-state index is 13.5. The smallest absolute Gasteiger partial charge is 0.132 e. The summed E-state index contributed by atoms with van der Waals surface area (Å²) in [6.45, 7) is 3.74. The SMILES string of the molecule is Cc1ccc2c(c1)nc(C(C)Cl)n2-c1cc(F)cc(F)c1. The second-order valence-corrected chi connectivity index (χ2v) is 5.70. The van der Waals surface area contributed by atoms with E-state index in [1.165, 1.54) is 12.1 Å².